The van der Waals surface area contributed by atoms with Gasteiger partial charge in [0.15, 0.2) is 11.0 Å². The second kappa shape index (κ2) is 11.5. The zero-order chi connectivity index (χ0) is 21.2. The summed E-state index contributed by atoms with van der Waals surface area (Å²) in [6.07, 6.45) is 0.414. The van der Waals surface area contributed by atoms with Gasteiger partial charge in [-0.05, 0) is 36.6 Å². The van der Waals surface area contributed by atoms with E-state index in [1.165, 1.54) is 14.2 Å². The smallest absolute Gasteiger partial charge is 0.183 e. The van der Waals surface area contributed by atoms with Crippen LogP contribution in [0.3, 0.4) is 0 Å². The van der Waals surface area contributed by atoms with Gasteiger partial charge in [-0.3, -0.25) is 0 Å². The van der Waals surface area contributed by atoms with Crippen molar-refractivity contribution in [1.82, 2.24) is 4.13 Å². The Hall–Kier alpha value is -2.54. The van der Waals surface area contributed by atoms with Crippen molar-refractivity contribution in [2.24, 2.45) is 0 Å². The molecule has 7 nitrogen and oxygen atoms in total. The lowest BCUT2D eigenvalue weighted by Crippen LogP contribution is -2.22. The molecule has 0 saturated heterocycles. The van der Waals surface area contributed by atoms with Gasteiger partial charge in [-0.2, -0.15) is 0 Å². The first kappa shape index (κ1) is 22.7. The molecule has 1 N–H and O–H groups in total. The highest BCUT2D eigenvalue weighted by molar-refractivity contribution is 8.00. The van der Waals surface area contributed by atoms with Gasteiger partial charge in [-0.25, -0.2) is 8.42 Å². The molecule has 0 aliphatic heterocycles. The average molecular weight is 438 g/mol. The standard InChI is InChI=1S/C20H23NO6S2/c1-24-17-7-5-8-18(25-2)15(17)11-13-28(22)21-29(23)14-12-16-19(26-3)9-6-10-20(16)27-4/h5-10,21H,11,13H2,1-4H3. The molecular weight excluding hydrogens is 414 g/mol. The van der Waals surface area contributed by atoms with E-state index in [0.29, 0.717) is 35.0 Å². The first-order chi connectivity index (χ1) is 14.0. The molecule has 9 heteroatoms. The van der Waals surface area contributed by atoms with E-state index in [4.69, 9.17) is 18.9 Å². The van der Waals surface area contributed by atoms with Gasteiger partial charge in [-0.1, -0.05) is 12.1 Å². The maximum atomic E-state index is 12.3. The molecule has 156 valence electrons. The Labute approximate surface area is 175 Å². The van der Waals surface area contributed by atoms with Gasteiger partial charge >= 0.3 is 0 Å². The third-order valence-corrected chi connectivity index (χ3v) is 6.14. The Morgan fingerprint density at radius 2 is 1.31 bits per heavy atom. The first-order valence-electron chi connectivity index (χ1n) is 8.53. The quantitative estimate of drug-likeness (QED) is 0.606. The van der Waals surface area contributed by atoms with Crippen LogP contribution in [-0.2, 0) is 28.4 Å². The lowest BCUT2D eigenvalue weighted by atomic mass is 10.1. The van der Waals surface area contributed by atoms with Crippen LogP contribution in [-0.4, -0.2) is 42.6 Å². The van der Waals surface area contributed by atoms with Crippen molar-refractivity contribution >= 4 is 22.0 Å². The first-order valence-corrected chi connectivity index (χ1v) is 11.0. The van der Waals surface area contributed by atoms with Crippen LogP contribution in [0.5, 0.6) is 23.0 Å². The van der Waals surface area contributed by atoms with Crippen LogP contribution in [0.2, 0.25) is 0 Å². The normalized spacial score (nSPS) is 12.3. The second-order valence-electron chi connectivity index (χ2n) is 5.56. The fourth-order valence-corrected chi connectivity index (χ4v) is 4.35. The Balaban J connectivity index is 2.04. The Morgan fingerprint density at radius 3 is 1.79 bits per heavy atom. The summed E-state index contributed by atoms with van der Waals surface area (Å²) >= 11 is 0. The van der Waals surface area contributed by atoms with Crippen LogP contribution in [0.15, 0.2) is 36.4 Å². The summed E-state index contributed by atoms with van der Waals surface area (Å²) in [7, 11) is 2.74. The van der Waals surface area contributed by atoms with E-state index in [9.17, 15) is 8.42 Å². The maximum absolute atomic E-state index is 12.3. The van der Waals surface area contributed by atoms with E-state index in [1.54, 1.807) is 44.6 Å². The molecule has 29 heavy (non-hydrogen) atoms. The lowest BCUT2D eigenvalue weighted by molar-refractivity contribution is 0.386. The number of rotatable bonds is 9. The predicted octanol–water partition coefficient (Wildman–Crippen LogP) is 2.19. The minimum atomic E-state index is -1.83. The van der Waals surface area contributed by atoms with Crippen molar-refractivity contribution in [1.29, 1.82) is 0 Å². The summed E-state index contributed by atoms with van der Waals surface area (Å²) in [5.41, 5.74) is 1.26. The average Bonchev–Trinajstić information content (AvgIpc) is 2.75. The monoisotopic (exact) mass is 437 g/mol. The van der Waals surface area contributed by atoms with Crippen molar-refractivity contribution in [2.45, 2.75) is 6.42 Å². The highest BCUT2D eigenvalue weighted by Gasteiger charge is 2.12. The van der Waals surface area contributed by atoms with Crippen molar-refractivity contribution in [3.05, 3.63) is 47.5 Å². The topological polar surface area (TPSA) is 83.1 Å². The van der Waals surface area contributed by atoms with Gasteiger partial charge in [0.2, 0.25) is 0 Å². The van der Waals surface area contributed by atoms with Gasteiger partial charge in [0.25, 0.3) is 0 Å². The SMILES string of the molecule is COc1cccc(OC)c1C#CS(=O)NS(=O)CCc1c(OC)cccc1OC. The molecule has 0 spiro atoms. The van der Waals surface area contributed by atoms with E-state index >= 15 is 0 Å². The number of benzene rings is 2. The second-order valence-corrected chi connectivity index (χ2v) is 8.06. The zero-order valence-corrected chi connectivity index (χ0v) is 18.3. The molecule has 2 aromatic rings. The summed E-state index contributed by atoms with van der Waals surface area (Å²) in [6, 6.07) is 10.6. The molecule has 0 aromatic heterocycles. The van der Waals surface area contributed by atoms with E-state index in [0.717, 1.165) is 5.56 Å². The van der Waals surface area contributed by atoms with Crippen LogP contribution in [0.25, 0.3) is 0 Å². The Bertz CT molecular complexity index is 907. The van der Waals surface area contributed by atoms with Gasteiger partial charge in [-0.15, -0.1) is 4.13 Å². The molecule has 0 aliphatic rings. The zero-order valence-electron chi connectivity index (χ0n) is 16.6. The van der Waals surface area contributed by atoms with E-state index < -0.39 is 22.0 Å². The molecule has 0 fully saturated rings. The van der Waals surface area contributed by atoms with Crippen LogP contribution >= 0.6 is 0 Å². The number of hydrogen-bond acceptors (Lipinski definition) is 6. The summed E-state index contributed by atoms with van der Waals surface area (Å²) in [5.74, 6) is 5.26. The molecule has 2 aromatic carbocycles. The van der Waals surface area contributed by atoms with Crippen LogP contribution in [0.1, 0.15) is 11.1 Å². The van der Waals surface area contributed by atoms with Crippen LogP contribution in [0, 0.1) is 11.2 Å². The largest absolute Gasteiger partial charge is 0.496 e. The van der Waals surface area contributed by atoms with Gasteiger partial charge in [0.1, 0.15) is 39.5 Å². The highest BCUT2D eigenvalue weighted by Crippen LogP contribution is 2.29. The molecule has 0 amide bonds. The molecule has 2 unspecified atom stereocenters. The minimum absolute atomic E-state index is 0.210. The summed E-state index contributed by atoms with van der Waals surface area (Å²) in [6.45, 7) is 0. The summed E-state index contributed by atoms with van der Waals surface area (Å²) in [5, 5.41) is 2.53. The molecule has 0 heterocycles. The summed E-state index contributed by atoms with van der Waals surface area (Å²) in [4.78, 5) is 0. The number of hydrogen-bond donors (Lipinski definition) is 1. The van der Waals surface area contributed by atoms with Gasteiger partial charge in [0.05, 0.1) is 28.4 Å². The fraction of sp³-hybridized carbons (Fsp3) is 0.300. The maximum Gasteiger partial charge on any atom is 0.183 e. The predicted molar refractivity (Wildman–Crippen MR) is 114 cm³/mol. The fourth-order valence-electron chi connectivity index (χ4n) is 2.59. The van der Waals surface area contributed by atoms with Crippen molar-refractivity contribution in [3.8, 4) is 34.2 Å². The van der Waals surface area contributed by atoms with E-state index in [1.807, 2.05) is 6.07 Å². The molecule has 2 rings (SSSR count). The Morgan fingerprint density at radius 1 is 0.828 bits per heavy atom. The van der Waals surface area contributed by atoms with Crippen molar-refractivity contribution in [3.63, 3.8) is 0 Å². The minimum Gasteiger partial charge on any atom is -0.496 e. The molecule has 2 atom stereocenters. The third-order valence-electron chi connectivity index (χ3n) is 3.93. The molecule has 0 bridgehead atoms. The molecule has 0 radical (unpaired) electrons. The number of nitrogens with one attached hydrogen (secondary N) is 1. The molecular formula is C20H23NO6S2. The lowest BCUT2D eigenvalue weighted by Gasteiger charge is -2.12. The van der Waals surface area contributed by atoms with Gasteiger partial charge in [0, 0.05) is 16.6 Å². The highest BCUT2D eigenvalue weighted by atomic mass is 32.3. The van der Waals surface area contributed by atoms with Crippen LogP contribution < -0.4 is 23.1 Å². The van der Waals surface area contributed by atoms with E-state index in [2.05, 4.69) is 15.3 Å². The van der Waals surface area contributed by atoms with Crippen LogP contribution in [0.4, 0.5) is 0 Å². The third kappa shape index (κ3) is 6.22. The van der Waals surface area contributed by atoms with Gasteiger partial charge < -0.3 is 18.9 Å². The summed E-state index contributed by atoms with van der Waals surface area (Å²) < 4.78 is 48.1. The van der Waals surface area contributed by atoms with Crippen molar-refractivity contribution < 1.29 is 27.4 Å². The molecule has 0 saturated carbocycles. The number of ether oxygens (including phenoxy) is 4. The number of methoxy groups -OCH3 is 4. The van der Waals surface area contributed by atoms with Crippen molar-refractivity contribution in [2.75, 3.05) is 34.2 Å². The molecule has 0 aliphatic carbocycles. The van der Waals surface area contributed by atoms with E-state index in [-0.39, 0.29) is 5.75 Å². The Kier molecular flexibility index (Phi) is 8.99.